The molecule has 0 spiro atoms. The quantitative estimate of drug-likeness (QED) is 0.399. The van der Waals surface area contributed by atoms with E-state index >= 15 is 0 Å². The lowest BCUT2D eigenvalue weighted by Crippen LogP contribution is -2.21. The maximum atomic E-state index is 11.2. The minimum atomic E-state index is -0.488. The molecule has 0 radical (unpaired) electrons. The topological polar surface area (TPSA) is 102 Å². The van der Waals surface area contributed by atoms with Crippen LogP contribution in [-0.4, -0.2) is 34.3 Å². The summed E-state index contributed by atoms with van der Waals surface area (Å²) in [6, 6.07) is 17.9. The minimum absolute atomic E-state index is 0.359. The molecule has 0 saturated carbocycles. The van der Waals surface area contributed by atoms with E-state index in [9.17, 15) is 4.79 Å². The van der Waals surface area contributed by atoms with Gasteiger partial charge in [-0.25, -0.2) is 14.8 Å². The van der Waals surface area contributed by atoms with Crippen molar-refractivity contribution in [2.75, 3.05) is 19.0 Å². The van der Waals surface area contributed by atoms with Gasteiger partial charge in [0.25, 0.3) is 0 Å². The fourth-order valence-corrected chi connectivity index (χ4v) is 4.06. The number of benzene rings is 2. The molecule has 0 aliphatic carbocycles. The van der Waals surface area contributed by atoms with Crippen molar-refractivity contribution in [2.45, 2.75) is 19.6 Å². The number of fused-ring (bicyclic) bond motifs is 1. The summed E-state index contributed by atoms with van der Waals surface area (Å²) >= 11 is 0. The number of amides is 1. The highest BCUT2D eigenvalue weighted by Crippen LogP contribution is 2.28. The van der Waals surface area contributed by atoms with Crippen molar-refractivity contribution in [1.82, 2.24) is 25.3 Å². The van der Waals surface area contributed by atoms with Gasteiger partial charge in [0.05, 0.1) is 18.3 Å². The van der Waals surface area contributed by atoms with Crippen LogP contribution < -0.4 is 20.9 Å². The zero-order chi connectivity index (χ0) is 22.8. The maximum absolute atomic E-state index is 11.2. The van der Waals surface area contributed by atoms with E-state index in [2.05, 4.69) is 49.7 Å². The lowest BCUT2D eigenvalue weighted by molar-refractivity contribution is 0.122. The van der Waals surface area contributed by atoms with Gasteiger partial charge in [-0.3, -0.25) is 5.32 Å². The number of aromatic nitrogens is 3. The maximum Gasteiger partial charge on any atom is 0.427 e. The number of carbonyl (C=O) groups excluding carboxylic acids is 1. The summed E-state index contributed by atoms with van der Waals surface area (Å²) in [6.07, 6.45) is 0.708. The number of carbonyl (C=O) groups is 1. The van der Waals surface area contributed by atoms with Gasteiger partial charge in [-0.2, -0.15) is 0 Å². The van der Waals surface area contributed by atoms with Crippen LogP contribution in [0.5, 0.6) is 5.75 Å². The van der Waals surface area contributed by atoms with Crippen LogP contribution in [0.2, 0.25) is 0 Å². The molecule has 9 nitrogen and oxygen atoms in total. The molecule has 1 aliphatic rings. The van der Waals surface area contributed by atoms with Gasteiger partial charge >= 0.3 is 6.09 Å². The standard InChI is InChI=1S/C24H24N6O3/c1-15-12-18-20(4-3-5-21(18)32-2)30(15)11-10-25-22-13-19(26-14-27-22)16-6-8-17(9-7-16)23-28-24(31)33-29-23/h3-9,12-14,23,29H,10-11H2,1-2H3,(H,28,31)(H,25,26,27). The molecule has 1 amide bonds. The van der Waals surface area contributed by atoms with Crippen LogP contribution in [-0.2, 0) is 11.4 Å². The van der Waals surface area contributed by atoms with E-state index in [0.717, 1.165) is 45.8 Å². The average Bonchev–Trinajstić information content (AvgIpc) is 3.42. The predicted octanol–water partition coefficient (Wildman–Crippen LogP) is 3.77. The molecule has 2 aromatic heterocycles. The van der Waals surface area contributed by atoms with E-state index in [1.54, 1.807) is 13.4 Å². The van der Waals surface area contributed by atoms with Crippen LogP contribution in [0.1, 0.15) is 17.4 Å². The summed E-state index contributed by atoms with van der Waals surface area (Å²) in [5, 5.41) is 7.19. The van der Waals surface area contributed by atoms with Gasteiger partial charge in [-0.15, -0.1) is 5.48 Å². The van der Waals surface area contributed by atoms with Crippen LogP contribution in [0.3, 0.4) is 0 Å². The van der Waals surface area contributed by atoms with Crippen molar-refractivity contribution >= 4 is 22.8 Å². The highest BCUT2D eigenvalue weighted by atomic mass is 16.7. The third kappa shape index (κ3) is 4.18. The van der Waals surface area contributed by atoms with Crippen molar-refractivity contribution < 1.29 is 14.4 Å². The summed E-state index contributed by atoms with van der Waals surface area (Å²) in [5.74, 6) is 1.64. The highest BCUT2D eigenvalue weighted by molar-refractivity contribution is 5.87. The van der Waals surface area contributed by atoms with Crippen molar-refractivity contribution in [3.63, 3.8) is 0 Å². The number of nitrogens with one attached hydrogen (secondary N) is 3. The number of hydrogen-bond acceptors (Lipinski definition) is 7. The highest BCUT2D eigenvalue weighted by Gasteiger charge is 2.23. The summed E-state index contributed by atoms with van der Waals surface area (Å²) < 4.78 is 7.76. The number of rotatable bonds is 7. The Morgan fingerprint density at radius 3 is 2.76 bits per heavy atom. The number of hydrogen-bond donors (Lipinski definition) is 3. The van der Waals surface area contributed by atoms with Gasteiger partial charge in [-0.1, -0.05) is 30.3 Å². The van der Waals surface area contributed by atoms with Crippen LogP contribution in [0.15, 0.2) is 60.9 Å². The molecule has 3 N–H and O–H groups in total. The Hall–Kier alpha value is -4.11. The van der Waals surface area contributed by atoms with Crippen molar-refractivity contribution in [3.05, 3.63) is 72.2 Å². The van der Waals surface area contributed by atoms with Gasteiger partial charge in [0.15, 0.2) is 0 Å². The average molecular weight is 444 g/mol. The molecule has 1 atom stereocenters. The number of methoxy groups -OCH3 is 1. The van der Waals surface area contributed by atoms with Crippen LogP contribution in [0.4, 0.5) is 10.6 Å². The lowest BCUT2D eigenvalue weighted by atomic mass is 10.1. The molecule has 1 unspecified atom stereocenters. The lowest BCUT2D eigenvalue weighted by Gasteiger charge is -2.12. The largest absolute Gasteiger partial charge is 0.496 e. The zero-order valence-electron chi connectivity index (χ0n) is 18.3. The van der Waals surface area contributed by atoms with Gasteiger partial charge in [0.1, 0.15) is 24.1 Å². The van der Waals surface area contributed by atoms with E-state index in [1.165, 1.54) is 5.69 Å². The van der Waals surface area contributed by atoms with E-state index in [-0.39, 0.29) is 6.17 Å². The van der Waals surface area contributed by atoms with Crippen molar-refractivity contribution in [2.24, 2.45) is 0 Å². The Labute approximate surface area is 190 Å². The molecule has 9 heteroatoms. The smallest absolute Gasteiger partial charge is 0.427 e. The molecular formula is C24H24N6O3. The summed E-state index contributed by atoms with van der Waals surface area (Å²) in [6.45, 7) is 3.60. The fourth-order valence-electron chi connectivity index (χ4n) is 4.06. The fraction of sp³-hybridized carbons (Fsp3) is 0.208. The molecule has 1 fully saturated rings. The van der Waals surface area contributed by atoms with Gasteiger partial charge in [0, 0.05) is 35.8 Å². The second kappa shape index (κ2) is 8.79. The van der Waals surface area contributed by atoms with Crippen LogP contribution >= 0.6 is 0 Å². The van der Waals surface area contributed by atoms with Crippen molar-refractivity contribution in [1.29, 1.82) is 0 Å². The van der Waals surface area contributed by atoms with E-state index in [0.29, 0.717) is 6.54 Å². The number of nitrogens with zero attached hydrogens (tertiary/aromatic N) is 3. The van der Waals surface area contributed by atoms with Crippen LogP contribution in [0.25, 0.3) is 22.2 Å². The molecule has 1 saturated heterocycles. The first kappa shape index (κ1) is 20.8. The van der Waals surface area contributed by atoms with Gasteiger partial charge < -0.3 is 19.5 Å². The second-order valence-electron chi connectivity index (χ2n) is 7.75. The normalized spacial score (nSPS) is 15.3. The minimum Gasteiger partial charge on any atom is -0.496 e. The van der Waals surface area contributed by atoms with Gasteiger partial charge in [0.2, 0.25) is 0 Å². The number of hydroxylamine groups is 1. The summed E-state index contributed by atoms with van der Waals surface area (Å²) in [5.41, 5.74) is 7.62. The first-order valence-electron chi connectivity index (χ1n) is 10.6. The van der Waals surface area contributed by atoms with Crippen molar-refractivity contribution in [3.8, 4) is 17.0 Å². The predicted molar refractivity (Wildman–Crippen MR) is 125 cm³/mol. The Balaban J connectivity index is 1.26. The second-order valence-corrected chi connectivity index (χ2v) is 7.75. The van der Waals surface area contributed by atoms with E-state index < -0.39 is 6.09 Å². The SMILES string of the molecule is COc1cccc2c1cc(C)n2CCNc1cc(-c2ccc(C3NOC(=O)N3)cc2)ncn1. The van der Waals surface area contributed by atoms with Crippen LogP contribution in [0, 0.1) is 6.92 Å². The summed E-state index contributed by atoms with van der Waals surface area (Å²) in [7, 11) is 1.70. The third-order valence-corrected chi connectivity index (χ3v) is 5.71. The zero-order valence-corrected chi connectivity index (χ0v) is 18.3. The Morgan fingerprint density at radius 2 is 2.00 bits per heavy atom. The molecule has 4 aromatic rings. The Bertz CT molecular complexity index is 1300. The molecular weight excluding hydrogens is 420 g/mol. The molecule has 33 heavy (non-hydrogen) atoms. The molecule has 2 aromatic carbocycles. The van der Waals surface area contributed by atoms with E-state index in [4.69, 9.17) is 9.57 Å². The monoisotopic (exact) mass is 444 g/mol. The third-order valence-electron chi connectivity index (χ3n) is 5.71. The molecule has 1 aliphatic heterocycles. The summed E-state index contributed by atoms with van der Waals surface area (Å²) in [4.78, 5) is 24.7. The Kier molecular flexibility index (Phi) is 5.54. The van der Waals surface area contributed by atoms with E-state index in [1.807, 2.05) is 42.5 Å². The number of anilines is 1. The first-order chi connectivity index (χ1) is 16.1. The Morgan fingerprint density at radius 1 is 1.15 bits per heavy atom. The molecule has 0 bridgehead atoms. The number of ether oxygens (including phenoxy) is 1. The molecule has 5 rings (SSSR count). The molecule has 168 valence electrons. The first-order valence-corrected chi connectivity index (χ1v) is 10.6. The molecule has 3 heterocycles. The van der Waals surface area contributed by atoms with Gasteiger partial charge in [-0.05, 0) is 30.7 Å². The number of aryl methyl sites for hydroxylation is 1.